The average molecular weight is 535 g/mol. The highest BCUT2D eigenvalue weighted by atomic mass is 19.1. The molecule has 5 aromatic rings. The summed E-state index contributed by atoms with van der Waals surface area (Å²) in [5, 5.41) is 5.94. The van der Waals surface area contributed by atoms with Gasteiger partial charge in [0.25, 0.3) is 0 Å². The van der Waals surface area contributed by atoms with Crippen LogP contribution in [0.4, 0.5) is 15.8 Å². The van der Waals surface area contributed by atoms with Crippen LogP contribution in [0.3, 0.4) is 0 Å². The van der Waals surface area contributed by atoms with Crippen LogP contribution in [-0.2, 0) is 4.79 Å². The first-order valence-electron chi connectivity index (χ1n) is 13.2. The van der Waals surface area contributed by atoms with Crippen molar-refractivity contribution >= 4 is 34.0 Å². The van der Waals surface area contributed by atoms with E-state index >= 15 is 4.39 Å². The minimum absolute atomic E-state index is 0.107. The highest BCUT2D eigenvalue weighted by Crippen LogP contribution is 2.34. The number of unbranched alkanes of at least 4 members (excludes halogenated alkanes) is 1. The molecule has 200 valence electrons. The van der Waals surface area contributed by atoms with E-state index in [1.54, 1.807) is 24.7 Å². The molecule has 5 heterocycles. The Balaban J connectivity index is 1.41. The van der Waals surface area contributed by atoms with Gasteiger partial charge in [0.05, 0.1) is 40.4 Å². The molecule has 4 aromatic heterocycles. The number of rotatable bonds is 7. The van der Waals surface area contributed by atoms with Crippen molar-refractivity contribution in [1.82, 2.24) is 24.9 Å². The van der Waals surface area contributed by atoms with Crippen LogP contribution in [-0.4, -0.2) is 43.2 Å². The molecule has 0 atom stereocenters. The Kier molecular flexibility index (Phi) is 6.73. The molecule has 1 aliphatic heterocycles. The number of pyridine rings is 3. The number of amides is 1. The Bertz CT molecular complexity index is 1760. The van der Waals surface area contributed by atoms with Gasteiger partial charge in [-0.1, -0.05) is 31.5 Å². The van der Waals surface area contributed by atoms with Gasteiger partial charge in [0.2, 0.25) is 5.91 Å². The molecule has 0 saturated heterocycles. The van der Waals surface area contributed by atoms with Crippen molar-refractivity contribution in [2.75, 3.05) is 17.3 Å². The third-order valence-corrected chi connectivity index (χ3v) is 6.86. The number of H-pyrrole nitrogens is 1. The smallest absolute Gasteiger partial charge is 0.224 e. The van der Waals surface area contributed by atoms with Crippen LogP contribution >= 0.6 is 0 Å². The van der Waals surface area contributed by atoms with Crippen LogP contribution < -0.4 is 10.6 Å². The van der Waals surface area contributed by atoms with Gasteiger partial charge in [0.1, 0.15) is 18.1 Å². The normalized spacial score (nSPS) is 12.5. The monoisotopic (exact) mass is 534 g/mol. The highest BCUT2D eigenvalue weighted by molar-refractivity contribution is 6.16. The second-order valence-electron chi connectivity index (χ2n) is 9.65. The predicted octanol–water partition coefficient (Wildman–Crippen LogP) is 5.88. The van der Waals surface area contributed by atoms with Crippen molar-refractivity contribution < 1.29 is 9.18 Å². The van der Waals surface area contributed by atoms with Crippen molar-refractivity contribution in [2.24, 2.45) is 4.99 Å². The van der Waals surface area contributed by atoms with E-state index in [1.165, 1.54) is 12.4 Å². The summed E-state index contributed by atoms with van der Waals surface area (Å²) in [6.45, 7) is 4.27. The number of anilines is 2. The molecule has 0 spiro atoms. The molecule has 1 aliphatic rings. The van der Waals surface area contributed by atoms with Crippen LogP contribution in [0.25, 0.3) is 33.4 Å². The minimum Gasteiger partial charge on any atom is -0.364 e. The largest absolute Gasteiger partial charge is 0.364 e. The van der Waals surface area contributed by atoms with E-state index in [-0.39, 0.29) is 23.8 Å². The van der Waals surface area contributed by atoms with Gasteiger partial charge in [-0.3, -0.25) is 24.7 Å². The summed E-state index contributed by atoms with van der Waals surface area (Å²) in [4.78, 5) is 37.9. The summed E-state index contributed by atoms with van der Waals surface area (Å²) in [6.07, 6.45) is 10.3. The summed E-state index contributed by atoms with van der Waals surface area (Å²) in [7, 11) is 0. The lowest BCUT2D eigenvalue weighted by atomic mass is 10.0. The van der Waals surface area contributed by atoms with E-state index in [0.717, 1.165) is 40.6 Å². The maximum atomic E-state index is 16.3. The topological polar surface area (TPSA) is 121 Å². The quantitative estimate of drug-likeness (QED) is 0.240. The fourth-order valence-corrected chi connectivity index (χ4v) is 4.83. The van der Waals surface area contributed by atoms with E-state index in [1.807, 2.05) is 38.1 Å². The Labute approximate surface area is 230 Å². The van der Waals surface area contributed by atoms with Crippen LogP contribution in [0.5, 0.6) is 0 Å². The van der Waals surface area contributed by atoms with Crippen LogP contribution in [0.1, 0.15) is 43.1 Å². The maximum Gasteiger partial charge on any atom is 0.224 e. The zero-order valence-electron chi connectivity index (χ0n) is 22.1. The number of nitrogens with zero attached hydrogens (tertiary/aromatic N) is 5. The second kappa shape index (κ2) is 10.6. The Morgan fingerprint density at radius 1 is 1.10 bits per heavy atom. The fraction of sp³-hybridized carbons (Fsp3) is 0.200. The molecule has 10 heteroatoms. The molecule has 1 aromatic carbocycles. The lowest BCUT2D eigenvalue weighted by Gasteiger charge is -2.19. The van der Waals surface area contributed by atoms with Gasteiger partial charge in [0, 0.05) is 41.7 Å². The van der Waals surface area contributed by atoms with Crippen molar-refractivity contribution in [2.45, 2.75) is 33.1 Å². The average Bonchev–Trinajstić information content (AvgIpc) is 3.43. The third kappa shape index (κ3) is 4.68. The molecule has 0 aliphatic carbocycles. The van der Waals surface area contributed by atoms with Crippen LogP contribution in [0.15, 0.2) is 66.3 Å². The number of carbonyl (C=O) groups is 1. The van der Waals surface area contributed by atoms with Gasteiger partial charge < -0.3 is 15.6 Å². The highest BCUT2D eigenvalue weighted by Gasteiger charge is 2.27. The first-order valence-corrected chi connectivity index (χ1v) is 13.2. The number of halogens is 1. The zero-order chi connectivity index (χ0) is 27.6. The summed E-state index contributed by atoms with van der Waals surface area (Å²) >= 11 is 0. The molecule has 40 heavy (non-hydrogen) atoms. The van der Waals surface area contributed by atoms with Gasteiger partial charge in [-0.2, -0.15) is 0 Å². The molecular weight excluding hydrogens is 507 g/mol. The Morgan fingerprint density at radius 2 is 1.98 bits per heavy atom. The van der Waals surface area contributed by atoms with Gasteiger partial charge >= 0.3 is 0 Å². The fourth-order valence-electron chi connectivity index (χ4n) is 4.83. The van der Waals surface area contributed by atoms with Gasteiger partial charge in [-0.25, -0.2) is 9.37 Å². The summed E-state index contributed by atoms with van der Waals surface area (Å²) < 4.78 is 16.3. The SMILES string of the molecule is CCCCC(=O)Nc1cncc(-c2ncc3c(c2F)C(c2nc4c(C)ccc(-c5cccnc5)c4[nH]2)=NCN3)c1. The molecule has 0 fully saturated rings. The first kappa shape index (κ1) is 25.3. The molecule has 3 N–H and O–H groups in total. The summed E-state index contributed by atoms with van der Waals surface area (Å²) in [6, 6.07) is 9.58. The number of hydrogen-bond donors (Lipinski definition) is 3. The third-order valence-electron chi connectivity index (χ3n) is 6.86. The molecule has 0 radical (unpaired) electrons. The molecule has 1 amide bonds. The van der Waals surface area contributed by atoms with E-state index < -0.39 is 5.82 Å². The van der Waals surface area contributed by atoms with Crippen LogP contribution in [0, 0.1) is 12.7 Å². The number of aliphatic imine (C=N–C) groups is 1. The van der Waals surface area contributed by atoms with E-state index in [2.05, 4.69) is 35.6 Å². The Hall–Kier alpha value is -4.99. The first-order chi connectivity index (χ1) is 19.5. The molecule has 0 unspecified atom stereocenters. The molecular formula is C30H27FN8O. The van der Waals surface area contributed by atoms with E-state index in [0.29, 0.717) is 34.9 Å². The molecule has 9 nitrogen and oxygen atoms in total. The molecule has 0 saturated carbocycles. The van der Waals surface area contributed by atoms with Crippen molar-refractivity contribution in [1.29, 1.82) is 0 Å². The number of aryl methyl sites for hydroxylation is 1. The summed E-state index contributed by atoms with van der Waals surface area (Å²) in [5.41, 5.74) is 6.72. The van der Waals surface area contributed by atoms with Crippen molar-refractivity contribution in [3.8, 4) is 22.4 Å². The van der Waals surface area contributed by atoms with E-state index in [4.69, 9.17) is 4.98 Å². The molecule has 0 bridgehead atoms. The Morgan fingerprint density at radius 3 is 2.80 bits per heavy atom. The van der Waals surface area contributed by atoms with Crippen molar-refractivity contribution in [3.63, 3.8) is 0 Å². The number of benzene rings is 1. The molecule has 6 rings (SSSR count). The lowest BCUT2D eigenvalue weighted by Crippen LogP contribution is -2.20. The van der Waals surface area contributed by atoms with Crippen molar-refractivity contribution in [3.05, 3.63) is 84.1 Å². The van der Waals surface area contributed by atoms with Crippen LogP contribution in [0.2, 0.25) is 0 Å². The van der Waals surface area contributed by atoms with E-state index in [9.17, 15) is 4.79 Å². The maximum absolute atomic E-state index is 16.3. The predicted molar refractivity (Wildman–Crippen MR) is 154 cm³/mol. The zero-order valence-corrected chi connectivity index (χ0v) is 22.1. The number of aromatic nitrogens is 5. The lowest BCUT2D eigenvalue weighted by molar-refractivity contribution is -0.116. The second-order valence-corrected chi connectivity index (χ2v) is 9.65. The van der Waals surface area contributed by atoms with Gasteiger partial charge in [-0.15, -0.1) is 0 Å². The number of aromatic amines is 1. The number of imidazole rings is 1. The minimum atomic E-state index is -0.552. The number of hydrogen-bond acceptors (Lipinski definition) is 7. The number of fused-ring (bicyclic) bond motifs is 2. The number of nitrogens with one attached hydrogen (secondary N) is 3. The standard InChI is InChI=1S/C30H27FN8O/c1-3-4-7-23(40)37-20-11-19(13-33-14-20)27-25(31)24-22(15-34-27)35-16-36-29(24)30-38-26-17(2)8-9-21(28(26)39-30)18-6-5-10-32-12-18/h5-6,8-15,35H,3-4,7,16H2,1-2H3,(H,37,40)(H,38,39). The number of carbonyl (C=O) groups excluding carboxylic acids is 1. The van der Waals surface area contributed by atoms with Gasteiger partial charge in [0.15, 0.2) is 11.6 Å². The summed E-state index contributed by atoms with van der Waals surface area (Å²) in [5.74, 6) is -0.197. The van der Waals surface area contributed by atoms with Gasteiger partial charge in [-0.05, 0) is 31.0 Å².